The SMILES string of the molecule is [C-]#[N+][C@@H]1CC[C@H](CCCc2ccc(C(=O)OC)s2)[C@H]1/C=C/CC(O)C1(CC)CCC1. The molecule has 3 rings (SSSR count). The van der Waals surface area contributed by atoms with Crippen LogP contribution in [0.5, 0.6) is 0 Å². The number of hydrogen-bond acceptors (Lipinski definition) is 4. The van der Waals surface area contributed by atoms with Crippen molar-refractivity contribution in [2.45, 2.75) is 83.3 Å². The number of carbonyl (C=O) groups excluding carboxylic acids is 1. The highest BCUT2D eigenvalue weighted by Gasteiger charge is 2.41. The third-order valence-electron chi connectivity index (χ3n) is 7.51. The molecule has 4 nitrogen and oxygen atoms in total. The van der Waals surface area contributed by atoms with Crippen molar-refractivity contribution in [3.05, 3.63) is 45.5 Å². The molecular weight excluding hydrogens is 394 g/mol. The molecule has 1 aromatic heterocycles. The van der Waals surface area contributed by atoms with Crippen LogP contribution in [0.15, 0.2) is 24.3 Å². The molecule has 5 heteroatoms. The van der Waals surface area contributed by atoms with Crippen LogP contribution in [0.1, 0.15) is 79.3 Å². The molecule has 0 amide bonds. The van der Waals surface area contributed by atoms with Crippen molar-refractivity contribution in [3.63, 3.8) is 0 Å². The van der Waals surface area contributed by atoms with Gasteiger partial charge in [-0.25, -0.2) is 11.4 Å². The smallest absolute Gasteiger partial charge is 0.348 e. The summed E-state index contributed by atoms with van der Waals surface area (Å²) in [5, 5.41) is 10.7. The average molecular weight is 430 g/mol. The minimum atomic E-state index is -0.263. The zero-order valence-corrected chi connectivity index (χ0v) is 19.1. The van der Waals surface area contributed by atoms with Gasteiger partial charge in [-0.15, -0.1) is 11.3 Å². The van der Waals surface area contributed by atoms with Crippen LogP contribution >= 0.6 is 11.3 Å². The summed E-state index contributed by atoms with van der Waals surface area (Å²) < 4.78 is 4.78. The lowest BCUT2D eigenvalue weighted by atomic mass is 9.63. The maximum Gasteiger partial charge on any atom is 0.348 e. The lowest BCUT2D eigenvalue weighted by molar-refractivity contribution is -0.0355. The monoisotopic (exact) mass is 429 g/mol. The van der Waals surface area contributed by atoms with Gasteiger partial charge in [0.2, 0.25) is 6.04 Å². The summed E-state index contributed by atoms with van der Waals surface area (Å²) in [5.41, 5.74) is 0.141. The van der Waals surface area contributed by atoms with Gasteiger partial charge in [0.25, 0.3) is 0 Å². The Bertz CT molecular complexity index is 768. The second-order valence-electron chi connectivity index (χ2n) is 9.01. The molecule has 164 valence electrons. The highest BCUT2D eigenvalue weighted by molar-refractivity contribution is 7.13. The van der Waals surface area contributed by atoms with Crippen molar-refractivity contribution < 1.29 is 14.6 Å². The number of aliphatic hydroxyl groups excluding tert-OH is 1. The first kappa shape index (κ1) is 23.0. The molecule has 0 spiro atoms. The molecular formula is C25H35NO3S. The van der Waals surface area contributed by atoms with Gasteiger partial charge in [0.1, 0.15) is 4.88 Å². The Morgan fingerprint density at radius 2 is 2.23 bits per heavy atom. The Morgan fingerprint density at radius 1 is 1.43 bits per heavy atom. The number of aryl methyl sites for hydroxylation is 1. The Kier molecular flexibility index (Phi) is 8.13. The zero-order chi connectivity index (χ0) is 21.6. The largest absolute Gasteiger partial charge is 0.465 e. The summed E-state index contributed by atoms with van der Waals surface area (Å²) in [6.07, 6.45) is 14.7. The third-order valence-corrected chi connectivity index (χ3v) is 8.64. The first-order valence-corrected chi connectivity index (χ1v) is 12.2. The topological polar surface area (TPSA) is 50.9 Å². The molecule has 1 unspecified atom stereocenters. The second kappa shape index (κ2) is 10.6. The van der Waals surface area contributed by atoms with Crippen molar-refractivity contribution in [2.24, 2.45) is 17.3 Å². The summed E-state index contributed by atoms with van der Waals surface area (Å²) in [4.78, 5) is 17.4. The fourth-order valence-corrected chi connectivity index (χ4v) is 6.25. The number of hydrogen-bond donors (Lipinski definition) is 1. The molecule has 30 heavy (non-hydrogen) atoms. The van der Waals surface area contributed by atoms with E-state index in [2.05, 4.69) is 23.9 Å². The number of methoxy groups -OCH3 is 1. The molecule has 0 saturated heterocycles. The predicted octanol–water partition coefficient (Wildman–Crippen LogP) is 6.06. The molecule has 2 aliphatic carbocycles. The molecule has 4 atom stereocenters. The standard InChI is InChI=1S/C25H35NO3S/c1-4-25(16-7-17-25)23(27)11-6-10-20-18(12-14-21(20)26-2)8-5-9-19-13-15-22(30-19)24(28)29-3/h6,10,13,15,18,20-21,23,27H,4-5,7-9,11-12,14,16-17H2,1,3H3/b10-6+/t18-,20+,21+,23?/m0/s1. The maximum absolute atomic E-state index is 11.6. The lowest BCUT2D eigenvalue weighted by Gasteiger charge is -2.45. The number of carbonyl (C=O) groups is 1. The second-order valence-corrected chi connectivity index (χ2v) is 10.2. The summed E-state index contributed by atoms with van der Waals surface area (Å²) in [6, 6.07) is 3.95. The number of esters is 1. The van der Waals surface area contributed by atoms with Crippen LogP contribution in [0, 0.1) is 23.8 Å². The fourth-order valence-electron chi connectivity index (χ4n) is 5.29. The van der Waals surface area contributed by atoms with E-state index in [9.17, 15) is 9.90 Å². The van der Waals surface area contributed by atoms with Crippen molar-refractivity contribution in [1.82, 2.24) is 0 Å². The normalized spacial score (nSPS) is 26.3. The van der Waals surface area contributed by atoms with Crippen molar-refractivity contribution in [1.29, 1.82) is 0 Å². The molecule has 1 aromatic rings. The first-order chi connectivity index (χ1) is 14.5. The Balaban J connectivity index is 1.50. The van der Waals surface area contributed by atoms with E-state index < -0.39 is 0 Å². The number of ether oxygens (including phenoxy) is 1. The van der Waals surface area contributed by atoms with Gasteiger partial charge in [-0.3, -0.25) is 0 Å². The average Bonchev–Trinajstić information content (AvgIpc) is 3.34. The molecule has 0 aromatic carbocycles. The zero-order valence-electron chi connectivity index (χ0n) is 18.3. The van der Waals surface area contributed by atoms with Crippen LogP contribution in [0.4, 0.5) is 0 Å². The number of aliphatic hydroxyl groups is 1. The Hall–Kier alpha value is -1.64. The van der Waals surface area contributed by atoms with Crippen molar-refractivity contribution in [2.75, 3.05) is 7.11 Å². The van der Waals surface area contributed by atoms with Crippen molar-refractivity contribution >= 4 is 17.3 Å². The van der Waals surface area contributed by atoms with Gasteiger partial charge in [-0.1, -0.05) is 25.5 Å². The molecule has 2 fully saturated rings. The molecule has 2 aliphatic rings. The summed E-state index contributed by atoms with van der Waals surface area (Å²) in [6.45, 7) is 9.77. The van der Waals surface area contributed by atoms with Crippen LogP contribution in [0.25, 0.3) is 4.85 Å². The number of nitrogens with zero attached hydrogens (tertiary/aromatic N) is 1. The van der Waals surface area contributed by atoms with E-state index in [1.807, 2.05) is 12.1 Å². The maximum atomic E-state index is 11.6. The van der Waals surface area contributed by atoms with Gasteiger partial charge in [0, 0.05) is 11.3 Å². The number of rotatable bonds is 10. The molecule has 0 radical (unpaired) electrons. The van der Waals surface area contributed by atoms with Crippen LogP contribution in [-0.4, -0.2) is 30.3 Å². The minimum Gasteiger partial charge on any atom is -0.465 e. The van der Waals surface area contributed by atoms with Gasteiger partial charge in [0.15, 0.2) is 0 Å². The third kappa shape index (κ3) is 5.15. The van der Waals surface area contributed by atoms with Gasteiger partial charge < -0.3 is 14.7 Å². The molecule has 2 saturated carbocycles. The highest BCUT2D eigenvalue weighted by Crippen LogP contribution is 2.48. The minimum absolute atomic E-state index is 0.0832. The van der Waals surface area contributed by atoms with E-state index >= 15 is 0 Å². The summed E-state index contributed by atoms with van der Waals surface area (Å²) in [5.74, 6) is 0.588. The van der Waals surface area contributed by atoms with E-state index in [0.29, 0.717) is 23.1 Å². The van der Waals surface area contributed by atoms with E-state index in [1.165, 1.54) is 29.7 Å². The van der Waals surface area contributed by atoms with Crippen LogP contribution in [0.3, 0.4) is 0 Å². The van der Waals surface area contributed by atoms with E-state index in [4.69, 9.17) is 11.3 Å². The lowest BCUT2D eigenvalue weighted by Crippen LogP contribution is -2.40. The van der Waals surface area contributed by atoms with E-state index in [1.54, 1.807) is 0 Å². The molecule has 1 N–H and O–H groups in total. The van der Waals surface area contributed by atoms with E-state index in [0.717, 1.165) is 51.4 Å². The quantitative estimate of drug-likeness (QED) is 0.279. The van der Waals surface area contributed by atoms with E-state index in [-0.39, 0.29) is 23.5 Å². The van der Waals surface area contributed by atoms with Crippen LogP contribution < -0.4 is 0 Å². The fraction of sp³-hybridized carbons (Fsp3) is 0.680. The predicted molar refractivity (Wildman–Crippen MR) is 122 cm³/mol. The summed E-state index contributed by atoms with van der Waals surface area (Å²) >= 11 is 1.52. The van der Waals surface area contributed by atoms with Gasteiger partial charge in [-0.2, -0.15) is 0 Å². The number of thiophene rings is 1. The Labute approximate surface area is 185 Å². The van der Waals surface area contributed by atoms with Crippen LogP contribution in [0.2, 0.25) is 0 Å². The van der Waals surface area contributed by atoms with Gasteiger partial charge in [-0.05, 0) is 74.8 Å². The molecule has 1 heterocycles. The summed E-state index contributed by atoms with van der Waals surface area (Å²) in [7, 11) is 1.41. The highest BCUT2D eigenvalue weighted by atomic mass is 32.1. The molecule has 0 bridgehead atoms. The van der Waals surface area contributed by atoms with Gasteiger partial charge in [0.05, 0.1) is 19.1 Å². The Morgan fingerprint density at radius 3 is 2.87 bits per heavy atom. The van der Waals surface area contributed by atoms with Crippen molar-refractivity contribution in [3.8, 4) is 0 Å². The first-order valence-electron chi connectivity index (χ1n) is 11.4. The van der Waals surface area contributed by atoms with Crippen LogP contribution in [-0.2, 0) is 11.2 Å². The molecule has 0 aliphatic heterocycles. The van der Waals surface area contributed by atoms with Gasteiger partial charge >= 0.3 is 5.97 Å².